The number of imide groups is 2. The van der Waals surface area contributed by atoms with Gasteiger partial charge in [-0.3, -0.25) is 28.8 Å². The number of aryl methyl sites for hydroxylation is 2. The molecule has 1 N–H and O–H groups in total. The third-order valence-corrected chi connectivity index (χ3v) is 12.7. The monoisotopic (exact) mass is 686 g/mol. The molecule has 12 heteroatoms. The van der Waals surface area contributed by atoms with Gasteiger partial charge in [0.15, 0.2) is 0 Å². The van der Waals surface area contributed by atoms with Crippen LogP contribution in [0.5, 0.6) is 0 Å². The van der Waals surface area contributed by atoms with Crippen molar-refractivity contribution in [3.8, 4) is 10.6 Å². The molecule has 4 aliphatic rings. The zero-order chi connectivity index (χ0) is 33.8. The zero-order valence-corrected chi connectivity index (χ0v) is 28.6. The highest BCUT2D eigenvalue weighted by Crippen LogP contribution is 2.63. The molecule has 5 heterocycles. The van der Waals surface area contributed by atoms with Crippen molar-refractivity contribution in [3.05, 3.63) is 70.2 Å². The summed E-state index contributed by atoms with van der Waals surface area (Å²) in [6, 6.07) is 11.0. The Kier molecular flexibility index (Phi) is 7.14. The van der Waals surface area contributed by atoms with Crippen LogP contribution in [0, 0.1) is 36.0 Å². The van der Waals surface area contributed by atoms with Gasteiger partial charge in [0, 0.05) is 29.4 Å². The fraction of sp³-hybridized carbons (Fsp3) is 0.417. The first-order valence-electron chi connectivity index (χ1n) is 16.4. The van der Waals surface area contributed by atoms with E-state index >= 15 is 0 Å². The van der Waals surface area contributed by atoms with Crippen molar-refractivity contribution in [3.63, 3.8) is 0 Å². The predicted molar refractivity (Wildman–Crippen MR) is 180 cm³/mol. The highest BCUT2D eigenvalue weighted by Gasteiger charge is 2.68. The molecule has 3 aromatic heterocycles. The van der Waals surface area contributed by atoms with Crippen LogP contribution in [0.15, 0.2) is 52.5 Å². The third-order valence-electron chi connectivity index (χ3n) is 11.2. The van der Waals surface area contributed by atoms with Crippen molar-refractivity contribution in [2.24, 2.45) is 36.1 Å². The van der Waals surface area contributed by atoms with Gasteiger partial charge in [0.2, 0.25) is 23.6 Å². The lowest BCUT2D eigenvalue weighted by Gasteiger charge is -2.48. The van der Waals surface area contributed by atoms with Crippen LogP contribution in [-0.4, -0.2) is 50.0 Å². The minimum atomic E-state index is -1.25. The molecule has 48 heavy (non-hydrogen) atoms. The fourth-order valence-electron chi connectivity index (χ4n) is 8.89. The molecule has 1 aromatic carbocycles. The number of aromatic nitrogens is 2. The molecule has 0 spiro atoms. The number of benzene rings is 1. The molecular formula is C36H35ClN4O6S. The molecule has 2 aliphatic carbocycles. The number of aliphatic hydroxyl groups is 1. The van der Waals surface area contributed by atoms with Crippen molar-refractivity contribution in [2.75, 3.05) is 11.4 Å². The minimum Gasteiger partial charge on any atom is -0.463 e. The van der Waals surface area contributed by atoms with E-state index in [1.54, 1.807) is 41.3 Å². The van der Waals surface area contributed by atoms with Crippen LogP contribution in [-0.2, 0) is 32.8 Å². The van der Waals surface area contributed by atoms with E-state index in [0.29, 0.717) is 47.4 Å². The maximum absolute atomic E-state index is 14.8. The highest BCUT2D eigenvalue weighted by molar-refractivity contribution is 7.22. The van der Waals surface area contributed by atoms with E-state index in [-0.39, 0.29) is 36.7 Å². The van der Waals surface area contributed by atoms with E-state index in [9.17, 15) is 24.3 Å². The Balaban J connectivity index is 1.23. The lowest BCUT2D eigenvalue weighted by Crippen LogP contribution is -2.48. The Bertz CT molecular complexity index is 2090. The van der Waals surface area contributed by atoms with Gasteiger partial charge in [-0.25, -0.2) is 4.90 Å². The number of likely N-dealkylation sites (tertiary alicyclic amines) is 1. The van der Waals surface area contributed by atoms with Crippen LogP contribution in [0.2, 0.25) is 5.02 Å². The number of allylic oxidation sites excluding steroid dienone is 2. The summed E-state index contributed by atoms with van der Waals surface area (Å²) in [5.74, 6) is -2.92. The molecule has 8 rings (SSSR count). The second-order valence-corrected chi connectivity index (χ2v) is 15.1. The number of thiophene rings is 1. The van der Waals surface area contributed by atoms with E-state index in [1.165, 1.54) is 9.80 Å². The molecular weight excluding hydrogens is 652 g/mol. The van der Waals surface area contributed by atoms with Crippen molar-refractivity contribution in [1.29, 1.82) is 0 Å². The molecule has 0 bridgehead atoms. The Labute approximate surface area is 285 Å². The van der Waals surface area contributed by atoms with Gasteiger partial charge in [0.05, 0.1) is 34.0 Å². The van der Waals surface area contributed by atoms with Gasteiger partial charge in [-0.1, -0.05) is 30.2 Å². The number of fused-ring (bicyclic) bond motifs is 5. The maximum atomic E-state index is 14.8. The highest BCUT2D eigenvalue weighted by atomic mass is 35.5. The topological polar surface area (TPSA) is 126 Å². The number of anilines is 1. The number of furan rings is 1. The molecule has 10 nitrogen and oxygen atoms in total. The summed E-state index contributed by atoms with van der Waals surface area (Å²) in [4.78, 5) is 60.2. The van der Waals surface area contributed by atoms with Crippen LogP contribution in [0.25, 0.3) is 20.7 Å². The molecule has 4 amide bonds. The molecule has 0 unspecified atom stereocenters. The van der Waals surface area contributed by atoms with Gasteiger partial charge in [-0.15, -0.1) is 11.3 Å². The van der Waals surface area contributed by atoms with E-state index in [0.717, 1.165) is 26.1 Å². The van der Waals surface area contributed by atoms with Crippen LogP contribution >= 0.6 is 22.9 Å². The molecule has 4 aromatic rings. The Morgan fingerprint density at radius 1 is 1.08 bits per heavy atom. The lowest BCUT2D eigenvalue weighted by atomic mass is 9.52. The van der Waals surface area contributed by atoms with Gasteiger partial charge in [0.1, 0.15) is 29.6 Å². The lowest BCUT2D eigenvalue weighted by molar-refractivity contribution is -0.140. The summed E-state index contributed by atoms with van der Waals surface area (Å²) in [7, 11) is 1.72. The number of carbonyl (C=O) groups excluding carboxylic acids is 4. The molecule has 2 aliphatic heterocycles. The SMILES string of the molecule is CCCN1C(=O)[C@H]2[C@H](CC=C3[C@H]2C[C@H]2C(=O)N(c4cc(-c5sc6ccc(Cl)cc6c5C)nn4C)C(=O)[C@@]2(C)[C@H]3c2ccc(CO)o2)C1=O. The average Bonchev–Trinajstić information content (AvgIpc) is 3.85. The van der Waals surface area contributed by atoms with Crippen molar-refractivity contribution < 1.29 is 28.7 Å². The van der Waals surface area contributed by atoms with Gasteiger partial charge in [-0.05, 0) is 80.3 Å². The van der Waals surface area contributed by atoms with Crippen molar-refractivity contribution in [1.82, 2.24) is 14.7 Å². The minimum absolute atomic E-state index is 0.163. The Morgan fingerprint density at radius 3 is 2.60 bits per heavy atom. The van der Waals surface area contributed by atoms with Crippen molar-refractivity contribution in [2.45, 2.75) is 52.6 Å². The molecule has 2 saturated heterocycles. The molecule has 6 atom stereocenters. The normalized spacial score (nSPS) is 28.4. The predicted octanol–water partition coefficient (Wildman–Crippen LogP) is 5.99. The summed E-state index contributed by atoms with van der Waals surface area (Å²) < 4.78 is 8.74. The Hall–Kier alpha value is -4.06. The zero-order valence-electron chi connectivity index (χ0n) is 27.0. The maximum Gasteiger partial charge on any atom is 0.242 e. The average molecular weight is 687 g/mol. The molecule has 1 saturated carbocycles. The standard InChI is InChI=1S/C36H35ClN4O6S/c1-5-12-40-32(43)21-9-8-20-23(29(21)34(40)45)14-24-33(44)41(35(46)36(24,3)30(20)26-10-7-19(16-42)47-26)28-15-25(38-39(28)4)31-17(2)22-13-18(37)6-11-27(22)48-31/h6-8,10-11,13,15,21,23-24,29-30,42H,5,9,12,14,16H2,1-4H3/t21-,23+,24-,29-,30+,36+/m0/s1. The van der Waals surface area contributed by atoms with Crippen LogP contribution in [0.4, 0.5) is 5.82 Å². The number of amides is 4. The van der Waals surface area contributed by atoms with Crippen LogP contribution in [0.1, 0.15) is 56.1 Å². The Morgan fingerprint density at radius 2 is 1.88 bits per heavy atom. The molecule has 248 valence electrons. The number of nitrogens with zero attached hydrogens (tertiary/aromatic N) is 4. The first-order chi connectivity index (χ1) is 23.0. The summed E-state index contributed by atoms with van der Waals surface area (Å²) in [6.45, 7) is 5.79. The first kappa shape index (κ1) is 31.2. The summed E-state index contributed by atoms with van der Waals surface area (Å²) in [5, 5.41) is 16.3. The summed E-state index contributed by atoms with van der Waals surface area (Å²) in [6.07, 6.45) is 3.29. The van der Waals surface area contributed by atoms with Crippen LogP contribution < -0.4 is 4.90 Å². The van der Waals surface area contributed by atoms with E-state index < -0.39 is 35.0 Å². The van der Waals surface area contributed by atoms with E-state index in [4.69, 9.17) is 21.1 Å². The number of hydrogen-bond donors (Lipinski definition) is 1. The first-order valence-corrected chi connectivity index (χ1v) is 17.5. The van der Waals surface area contributed by atoms with Gasteiger partial charge in [-0.2, -0.15) is 5.10 Å². The number of halogens is 1. The smallest absolute Gasteiger partial charge is 0.242 e. The fourth-order valence-corrected chi connectivity index (χ4v) is 10.2. The summed E-state index contributed by atoms with van der Waals surface area (Å²) in [5.41, 5.74) is 1.25. The van der Waals surface area contributed by atoms with E-state index in [1.807, 2.05) is 45.0 Å². The quantitative estimate of drug-likeness (QED) is 0.195. The summed E-state index contributed by atoms with van der Waals surface area (Å²) >= 11 is 7.86. The number of rotatable bonds is 6. The van der Waals surface area contributed by atoms with Gasteiger partial charge >= 0.3 is 0 Å². The van der Waals surface area contributed by atoms with E-state index in [2.05, 4.69) is 0 Å². The second kappa shape index (κ2) is 11.0. The largest absolute Gasteiger partial charge is 0.463 e. The third kappa shape index (κ3) is 4.16. The van der Waals surface area contributed by atoms with Crippen molar-refractivity contribution >= 4 is 62.5 Å². The molecule has 0 radical (unpaired) electrons. The number of hydrogen-bond acceptors (Lipinski definition) is 8. The molecule has 3 fully saturated rings. The van der Waals surface area contributed by atoms with Gasteiger partial charge in [0.25, 0.3) is 0 Å². The van der Waals surface area contributed by atoms with Crippen LogP contribution in [0.3, 0.4) is 0 Å². The number of carbonyl (C=O) groups is 4. The number of aliphatic hydroxyl groups excluding tert-OH is 1. The van der Waals surface area contributed by atoms with Gasteiger partial charge < -0.3 is 9.52 Å². The second-order valence-electron chi connectivity index (χ2n) is 13.7.